The smallest absolute Gasteiger partial charge is 0.126 e. The summed E-state index contributed by atoms with van der Waals surface area (Å²) in [5, 5.41) is 7.74. The zero-order valence-corrected chi connectivity index (χ0v) is 13.3. The van der Waals surface area contributed by atoms with Crippen molar-refractivity contribution in [2.45, 2.75) is 6.92 Å². The van der Waals surface area contributed by atoms with E-state index in [1.165, 1.54) is 0 Å². The molecule has 1 heterocycles. The summed E-state index contributed by atoms with van der Waals surface area (Å²) in [5.74, 6) is 1.75. The Labute approximate surface area is 136 Å². The van der Waals surface area contributed by atoms with Gasteiger partial charge in [0.05, 0.1) is 12.1 Å². The Kier molecular flexibility index (Phi) is 4.94. The van der Waals surface area contributed by atoms with Crippen LogP contribution in [0.25, 0.3) is 10.9 Å². The number of rotatable bonds is 7. The minimum Gasteiger partial charge on any atom is -0.492 e. The Morgan fingerprint density at radius 3 is 2.65 bits per heavy atom. The maximum absolute atomic E-state index is 5.66. The van der Waals surface area contributed by atoms with Crippen LogP contribution in [0, 0.1) is 0 Å². The number of nitrogens with zero attached hydrogens (tertiary/aromatic N) is 1. The van der Waals surface area contributed by atoms with Crippen molar-refractivity contribution in [2.24, 2.45) is 0 Å². The van der Waals surface area contributed by atoms with Crippen LogP contribution in [0.2, 0.25) is 0 Å². The Morgan fingerprint density at radius 2 is 1.83 bits per heavy atom. The summed E-state index contributed by atoms with van der Waals surface area (Å²) in [6, 6.07) is 20.1. The zero-order valence-electron chi connectivity index (χ0n) is 13.3. The Morgan fingerprint density at radius 1 is 0.957 bits per heavy atom. The van der Waals surface area contributed by atoms with Crippen molar-refractivity contribution in [1.82, 2.24) is 4.98 Å². The summed E-state index contributed by atoms with van der Waals surface area (Å²) < 4.78 is 5.66. The van der Waals surface area contributed by atoms with Crippen molar-refractivity contribution in [3.63, 3.8) is 0 Å². The molecule has 0 aliphatic heterocycles. The standard InChI is InChI=1S/C19H21N3O/c1-2-20-16-9-10-18-15(14-16)8-11-19(22-18)21-12-13-23-17-6-4-3-5-7-17/h3-11,14,20H,2,12-13H2,1H3,(H,21,22). The lowest BCUT2D eigenvalue weighted by Crippen LogP contribution is -2.12. The first kappa shape index (κ1) is 15.2. The van der Waals surface area contributed by atoms with Crippen molar-refractivity contribution >= 4 is 22.4 Å². The third-order valence-electron chi connectivity index (χ3n) is 3.49. The topological polar surface area (TPSA) is 46.2 Å². The molecular weight excluding hydrogens is 286 g/mol. The number of hydrogen-bond donors (Lipinski definition) is 2. The maximum Gasteiger partial charge on any atom is 0.126 e. The van der Waals surface area contributed by atoms with Gasteiger partial charge in [-0.25, -0.2) is 4.98 Å². The molecule has 0 unspecified atom stereocenters. The van der Waals surface area contributed by atoms with E-state index in [9.17, 15) is 0 Å². The molecule has 0 amide bonds. The number of ether oxygens (including phenoxy) is 1. The van der Waals surface area contributed by atoms with Crippen molar-refractivity contribution in [2.75, 3.05) is 30.3 Å². The van der Waals surface area contributed by atoms with Gasteiger partial charge in [0.15, 0.2) is 0 Å². The van der Waals surface area contributed by atoms with Crippen LogP contribution < -0.4 is 15.4 Å². The molecule has 4 heteroatoms. The highest BCUT2D eigenvalue weighted by atomic mass is 16.5. The molecular formula is C19H21N3O. The van der Waals surface area contributed by atoms with Gasteiger partial charge in [-0.15, -0.1) is 0 Å². The number of aromatic nitrogens is 1. The van der Waals surface area contributed by atoms with Crippen LogP contribution in [0.3, 0.4) is 0 Å². The van der Waals surface area contributed by atoms with E-state index in [1.54, 1.807) is 0 Å². The summed E-state index contributed by atoms with van der Waals surface area (Å²) >= 11 is 0. The quantitative estimate of drug-likeness (QED) is 0.643. The van der Waals surface area contributed by atoms with E-state index < -0.39 is 0 Å². The van der Waals surface area contributed by atoms with Gasteiger partial charge in [-0.2, -0.15) is 0 Å². The van der Waals surface area contributed by atoms with Gasteiger partial charge >= 0.3 is 0 Å². The van der Waals surface area contributed by atoms with Crippen LogP contribution in [-0.2, 0) is 0 Å². The van der Waals surface area contributed by atoms with E-state index in [1.807, 2.05) is 42.5 Å². The van der Waals surface area contributed by atoms with Crippen LogP contribution in [0.1, 0.15) is 6.92 Å². The minimum absolute atomic E-state index is 0.600. The number of anilines is 2. The highest BCUT2D eigenvalue weighted by molar-refractivity contribution is 5.83. The summed E-state index contributed by atoms with van der Waals surface area (Å²) in [6.45, 7) is 4.32. The number of pyridine rings is 1. The fraction of sp³-hybridized carbons (Fsp3) is 0.211. The van der Waals surface area contributed by atoms with Crippen molar-refractivity contribution < 1.29 is 4.74 Å². The average molecular weight is 307 g/mol. The fourth-order valence-electron chi connectivity index (χ4n) is 2.40. The number of hydrogen-bond acceptors (Lipinski definition) is 4. The molecule has 3 rings (SSSR count). The van der Waals surface area contributed by atoms with Gasteiger partial charge in [0.1, 0.15) is 18.2 Å². The van der Waals surface area contributed by atoms with Gasteiger partial charge in [-0.3, -0.25) is 0 Å². The lowest BCUT2D eigenvalue weighted by molar-refractivity contribution is 0.333. The highest BCUT2D eigenvalue weighted by Gasteiger charge is 2.00. The molecule has 2 aromatic carbocycles. The molecule has 0 radical (unpaired) electrons. The van der Waals surface area contributed by atoms with E-state index in [2.05, 4.69) is 40.7 Å². The second kappa shape index (κ2) is 7.49. The Hall–Kier alpha value is -2.75. The number of para-hydroxylation sites is 1. The molecule has 0 fully saturated rings. The second-order valence-electron chi connectivity index (χ2n) is 5.22. The zero-order chi connectivity index (χ0) is 15.9. The Balaban J connectivity index is 1.57. The van der Waals surface area contributed by atoms with Gasteiger partial charge < -0.3 is 15.4 Å². The van der Waals surface area contributed by atoms with Crippen LogP contribution in [0.15, 0.2) is 60.7 Å². The molecule has 2 N–H and O–H groups in total. The third-order valence-corrected chi connectivity index (χ3v) is 3.49. The molecule has 0 aliphatic carbocycles. The van der Waals surface area contributed by atoms with E-state index in [4.69, 9.17) is 4.74 Å². The number of nitrogens with one attached hydrogen (secondary N) is 2. The molecule has 1 aromatic heterocycles. The molecule has 4 nitrogen and oxygen atoms in total. The lowest BCUT2D eigenvalue weighted by atomic mass is 10.2. The predicted octanol–water partition coefficient (Wildman–Crippen LogP) is 4.16. The summed E-state index contributed by atoms with van der Waals surface area (Å²) in [6.07, 6.45) is 0. The molecule has 23 heavy (non-hydrogen) atoms. The van der Waals surface area contributed by atoms with Gasteiger partial charge in [0.25, 0.3) is 0 Å². The molecule has 118 valence electrons. The van der Waals surface area contributed by atoms with Gasteiger partial charge in [0, 0.05) is 17.6 Å². The molecule has 0 bridgehead atoms. The van der Waals surface area contributed by atoms with Gasteiger partial charge in [0.2, 0.25) is 0 Å². The molecule has 0 saturated heterocycles. The molecule has 0 aliphatic rings. The van der Waals surface area contributed by atoms with Crippen LogP contribution in [0.4, 0.5) is 11.5 Å². The SMILES string of the molecule is CCNc1ccc2nc(NCCOc3ccccc3)ccc2c1. The first-order valence-electron chi connectivity index (χ1n) is 7.91. The van der Waals surface area contributed by atoms with Gasteiger partial charge in [-0.05, 0) is 49.4 Å². The van der Waals surface area contributed by atoms with E-state index >= 15 is 0 Å². The van der Waals surface area contributed by atoms with Crippen LogP contribution >= 0.6 is 0 Å². The van der Waals surface area contributed by atoms with Crippen molar-refractivity contribution in [1.29, 1.82) is 0 Å². The minimum atomic E-state index is 0.600. The molecule has 3 aromatic rings. The second-order valence-corrected chi connectivity index (χ2v) is 5.22. The maximum atomic E-state index is 5.66. The van der Waals surface area contributed by atoms with Crippen LogP contribution in [0.5, 0.6) is 5.75 Å². The highest BCUT2D eigenvalue weighted by Crippen LogP contribution is 2.19. The monoisotopic (exact) mass is 307 g/mol. The average Bonchev–Trinajstić information content (AvgIpc) is 2.60. The van der Waals surface area contributed by atoms with E-state index in [0.29, 0.717) is 13.2 Å². The Bertz CT molecular complexity index is 759. The normalized spacial score (nSPS) is 10.5. The first-order chi connectivity index (χ1) is 11.3. The van der Waals surface area contributed by atoms with Gasteiger partial charge in [-0.1, -0.05) is 18.2 Å². The lowest BCUT2D eigenvalue weighted by Gasteiger charge is -2.09. The van der Waals surface area contributed by atoms with Crippen molar-refractivity contribution in [3.05, 3.63) is 60.7 Å². The number of benzene rings is 2. The largest absolute Gasteiger partial charge is 0.492 e. The van der Waals surface area contributed by atoms with Crippen molar-refractivity contribution in [3.8, 4) is 5.75 Å². The van der Waals surface area contributed by atoms with E-state index in [-0.39, 0.29) is 0 Å². The number of fused-ring (bicyclic) bond motifs is 1. The fourth-order valence-corrected chi connectivity index (χ4v) is 2.40. The molecule has 0 saturated carbocycles. The molecule has 0 atom stereocenters. The summed E-state index contributed by atoms with van der Waals surface area (Å²) in [5.41, 5.74) is 2.11. The third kappa shape index (κ3) is 4.13. The molecule has 0 spiro atoms. The predicted molar refractivity (Wildman–Crippen MR) is 96.3 cm³/mol. The van der Waals surface area contributed by atoms with E-state index in [0.717, 1.165) is 34.7 Å². The first-order valence-corrected chi connectivity index (χ1v) is 7.91. The summed E-state index contributed by atoms with van der Waals surface area (Å²) in [4.78, 5) is 4.63. The summed E-state index contributed by atoms with van der Waals surface area (Å²) in [7, 11) is 0. The van der Waals surface area contributed by atoms with Crippen LogP contribution in [-0.4, -0.2) is 24.7 Å².